The lowest BCUT2D eigenvalue weighted by Crippen LogP contribution is -2.16. The van der Waals surface area contributed by atoms with Crippen LogP contribution in [0.4, 0.5) is 17.5 Å². The summed E-state index contributed by atoms with van der Waals surface area (Å²) in [5.41, 5.74) is 3.46. The van der Waals surface area contributed by atoms with Crippen LogP contribution in [0.5, 0.6) is 0 Å². The van der Waals surface area contributed by atoms with Gasteiger partial charge in [-0.25, -0.2) is 4.98 Å². The van der Waals surface area contributed by atoms with Crippen LogP contribution in [0.3, 0.4) is 0 Å². The molecule has 2 N–H and O–H groups in total. The number of para-hydroxylation sites is 1. The smallest absolute Gasteiger partial charge is 0.225 e. The van der Waals surface area contributed by atoms with Crippen molar-refractivity contribution in [1.29, 1.82) is 0 Å². The third kappa shape index (κ3) is 3.56. The van der Waals surface area contributed by atoms with Crippen molar-refractivity contribution >= 4 is 17.5 Å². The van der Waals surface area contributed by atoms with Crippen molar-refractivity contribution < 1.29 is 0 Å². The largest absolute Gasteiger partial charge is 0.352 e. The zero-order valence-electron chi connectivity index (χ0n) is 13.6. The first-order chi connectivity index (χ1) is 10.7. The maximum absolute atomic E-state index is 4.69. The van der Waals surface area contributed by atoms with Crippen LogP contribution in [0, 0.1) is 6.92 Å². The Morgan fingerprint density at radius 1 is 1.23 bits per heavy atom. The maximum Gasteiger partial charge on any atom is 0.225 e. The molecule has 1 aromatic heterocycles. The van der Waals surface area contributed by atoms with Crippen LogP contribution in [-0.4, -0.2) is 16.0 Å². The highest BCUT2D eigenvalue weighted by Crippen LogP contribution is 2.40. The first-order valence-corrected chi connectivity index (χ1v) is 8.14. The zero-order valence-corrected chi connectivity index (χ0v) is 13.6. The lowest BCUT2D eigenvalue weighted by molar-refractivity contribution is 0.750. The second-order valence-corrected chi connectivity index (χ2v) is 6.17. The molecule has 4 heteroatoms. The fraction of sp³-hybridized carbons (Fsp3) is 0.444. The van der Waals surface area contributed by atoms with E-state index in [2.05, 4.69) is 59.6 Å². The summed E-state index contributed by atoms with van der Waals surface area (Å²) < 4.78 is 0. The molecule has 1 fully saturated rings. The van der Waals surface area contributed by atoms with Crippen LogP contribution in [-0.2, 0) is 0 Å². The summed E-state index contributed by atoms with van der Waals surface area (Å²) in [5, 5.41) is 6.83. The summed E-state index contributed by atoms with van der Waals surface area (Å²) in [6, 6.07) is 10.7. The van der Waals surface area contributed by atoms with Crippen molar-refractivity contribution in [3.8, 4) is 0 Å². The molecule has 22 heavy (non-hydrogen) atoms. The maximum atomic E-state index is 4.69. The molecule has 1 saturated carbocycles. The van der Waals surface area contributed by atoms with Gasteiger partial charge < -0.3 is 10.6 Å². The first-order valence-electron chi connectivity index (χ1n) is 8.14. The Bertz CT molecular complexity index is 649. The van der Waals surface area contributed by atoms with Crippen LogP contribution in [0.25, 0.3) is 0 Å². The summed E-state index contributed by atoms with van der Waals surface area (Å²) >= 11 is 0. The fourth-order valence-corrected chi connectivity index (χ4v) is 2.36. The Balaban J connectivity index is 1.87. The van der Waals surface area contributed by atoms with Crippen molar-refractivity contribution in [2.45, 2.75) is 52.0 Å². The summed E-state index contributed by atoms with van der Waals surface area (Å²) in [7, 11) is 0. The lowest BCUT2D eigenvalue weighted by atomic mass is 10.2. The number of hydrogen-bond acceptors (Lipinski definition) is 4. The molecule has 3 rings (SSSR count). The number of aromatic nitrogens is 2. The molecule has 0 bridgehead atoms. The van der Waals surface area contributed by atoms with E-state index in [4.69, 9.17) is 0 Å². The standard InChI is InChI=1S/C18H24N4/c1-4-13(3)19-18-21-16(14-9-10-14)11-17(22-18)20-15-8-6-5-7-12(15)2/h5-8,11,13-14H,4,9-10H2,1-3H3,(H2,19,20,21,22)/t13-/m1/s1. The molecule has 1 aromatic carbocycles. The molecule has 116 valence electrons. The van der Waals surface area contributed by atoms with Gasteiger partial charge in [0.25, 0.3) is 0 Å². The summed E-state index contributed by atoms with van der Waals surface area (Å²) in [5.74, 6) is 2.21. The molecule has 1 aliphatic carbocycles. The molecular weight excluding hydrogens is 272 g/mol. The monoisotopic (exact) mass is 296 g/mol. The van der Waals surface area contributed by atoms with Crippen LogP contribution >= 0.6 is 0 Å². The predicted molar refractivity (Wildman–Crippen MR) is 91.8 cm³/mol. The summed E-state index contributed by atoms with van der Waals surface area (Å²) in [4.78, 5) is 9.32. The molecule has 0 spiro atoms. The van der Waals surface area contributed by atoms with Gasteiger partial charge in [-0.15, -0.1) is 0 Å². The lowest BCUT2D eigenvalue weighted by Gasteiger charge is -2.15. The highest BCUT2D eigenvalue weighted by Gasteiger charge is 2.26. The van der Waals surface area contributed by atoms with Gasteiger partial charge >= 0.3 is 0 Å². The van der Waals surface area contributed by atoms with Crippen LogP contribution in [0.2, 0.25) is 0 Å². The quantitative estimate of drug-likeness (QED) is 0.817. The minimum Gasteiger partial charge on any atom is -0.352 e. The second kappa shape index (κ2) is 6.34. The number of aryl methyl sites for hydroxylation is 1. The SMILES string of the molecule is CC[C@@H](C)Nc1nc(Nc2ccccc2C)cc(C2CC2)n1. The van der Waals surface area contributed by atoms with Crippen LogP contribution < -0.4 is 10.6 Å². The van der Waals surface area contributed by atoms with Crippen molar-refractivity contribution in [3.63, 3.8) is 0 Å². The highest BCUT2D eigenvalue weighted by atomic mass is 15.2. The van der Waals surface area contributed by atoms with Crippen molar-refractivity contribution in [1.82, 2.24) is 9.97 Å². The number of hydrogen-bond donors (Lipinski definition) is 2. The Hall–Kier alpha value is -2.10. The molecule has 0 saturated heterocycles. The number of nitrogens with zero attached hydrogens (tertiary/aromatic N) is 2. The van der Waals surface area contributed by atoms with E-state index in [9.17, 15) is 0 Å². The minimum atomic E-state index is 0.376. The fourth-order valence-electron chi connectivity index (χ4n) is 2.36. The summed E-state index contributed by atoms with van der Waals surface area (Å²) in [6.45, 7) is 6.42. The average molecular weight is 296 g/mol. The third-order valence-electron chi connectivity index (χ3n) is 4.14. The van der Waals surface area contributed by atoms with E-state index in [0.717, 1.165) is 29.6 Å². The Kier molecular flexibility index (Phi) is 4.27. The third-order valence-corrected chi connectivity index (χ3v) is 4.14. The van der Waals surface area contributed by atoms with Gasteiger partial charge in [-0.2, -0.15) is 4.98 Å². The molecule has 1 aliphatic rings. The van der Waals surface area contributed by atoms with Crippen molar-refractivity contribution in [3.05, 3.63) is 41.6 Å². The molecule has 4 nitrogen and oxygen atoms in total. The van der Waals surface area contributed by atoms with Gasteiger partial charge in [-0.3, -0.25) is 0 Å². The summed E-state index contributed by atoms with van der Waals surface area (Å²) in [6.07, 6.45) is 3.53. The Labute approximate surface area is 132 Å². The minimum absolute atomic E-state index is 0.376. The van der Waals surface area contributed by atoms with E-state index in [-0.39, 0.29) is 0 Å². The van der Waals surface area contributed by atoms with Gasteiger partial charge in [0.1, 0.15) is 5.82 Å². The van der Waals surface area contributed by atoms with Gasteiger partial charge in [0.15, 0.2) is 0 Å². The highest BCUT2D eigenvalue weighted by molar-refractivity contribution is 5.61. The van der Waals surface area contributed by atoms with E-state index in [1.165, 1.54) is 18.4 Å². The van der Waals surface area contributed by atoms with Crippen LogP contribution in [0.15, 0.2) is 30.3 Å². The van der Waals surface area contributed by atoms with E-state index in [1.54, 1.807) is 0 Å². The molecule has 2 aromatic rings. The van der Waals surface area contributed by atoms with Gasteiger partial charge in [-0.1, -0.05) is 25.1 Å². The predicted octanol–water partition coefficient (Wildman–Crippen LogP) is 4.62. The number of nitrogens with one attached hydrogen (secondary N) is 2. The average Bonchev–Trinajstić information content (AvgIpc) is 3.34. The van der Waals surface area contributed by atoms with E-state index in [0.29, 0.717) is 12.0 Å². The molecule has 0 radical (unpaired) electrons. The molecule has 1 atom stereocenters. The first kappa shape index (κ1) is 14.8. The van der Waals surface area contributed by atoms with E-state index < -0.39 is 0 Å². The van der Waals surface area contributed by atoms with Crippen molar-refractivity contribution in [2.24, 2.45) is 0 Å². The Morgan fingerprint density at radius 3 is 2.68 bits per heavy atom. The molecule has 0 amide bonds. The van der Waals surface area contributed by atoms with E-state index in [1.807, 2.05) is 12.1 Å². The molecule has 0 unspecified atom stereocenters. The number of rotatable bonds is 6. The van der Waals surface area contributed by atoms with Gasteiger partial charge in [0, 0.05) is 23.7 Å². The topological polar surface area (TPSA) is 49.8 Å². The number of benzene rings is 1. The van der Waals surface area contributed by atoms with Gasteiger partial charge in [0.05, 0.1) is 5.69 Å². The molecule has 1 heterocycles. The van der Waals surface area contributed by atoms with Gasteiger partial charge in [0.2, 0.25) is 5.95 Å². The normalized spacial score (nSPS) is 15.4. The van der Waals surface area contributed by atoms with E-state index >= 15 is 0 Å². The number of anilines is 3. The second-order valence-electron chi connectivity index (χ2n) is 6.17. The van der Waals surface area contributed by atoms with Crippen molar-refractivity contribution in [2.75, 3.05) is 10.6 Å². The molecular formula is C18H24N4. The zero-order chi connectivity index (χ0) is 15.5. The Morgan fingerprint density at radius 2 is 2.00 bits per heavy atom. The van der Waals surface area contributed by atoms with Gasteiger partial charge in [-0.05, 0) is 44.7 Å². The van der Waals surface area contributed by atoms with Crippen LogP contribution in [0.1, 0.15) is 50.3 Å². The molecule has 0 aliphatic heterocycles.